The van der Waals surface area contributed by atoms with Gasteiger partial charge in [0.15, 0.2) is 11.2 Å². The molecule has 0 bridgehead atoms. The van der Waals surface area contributed by atoms with Crippen LogP contribution in [0.3, 0.4) is 0 Å². The zero-order valence-electron chi connectivity index (χ0n) is 10.9. The van der Waals surface area contributed by atoms with E-state index in [9.17, 15) is 35.9 Å². The summed E-state index contributed by atoms with van der Waals surface area (Å²) in [4.78, 5) is 27.2. The molecule has 0 fully saturated rings. The van der Waals surface area contributed by atoms with Crippen LogP contribution in [-0.2, 0) is 20.1 Å². The summed E-state index contributed by atoms with van der Waals surface area (Å²) in [5.41, 5.74) is -3.93. The van der Waals surface area contributed by atoms with Gasteiger partial charge in [-0.15, -0.1) is 0 Å². The first-order valence-electron chi connectivity index (χ1n) is 5.69. The number of aromatic nitrogens is 4. The third kappa shape index (κ3) is 2.99. The van der Waals surface area contributed by atoms with Gasteiger partial charge in [-0.25, -0.2) is 14.3 Å². The van der Waals surface area contributed by atoms with Gasteiger partial charge in [-0.3, -0.25) is 9.36 Å². The van der Waals surface area contributed by atoms with Crippen LogP contribution in [0.15, 0.2) is 15.9 Å². The van der Waals surface area contributed by atoms with Crippen LogP contribution in [0, 0.1) is 0 Å². The van der Waals surface area contributed by atoms with Crippen molar-refractivity contribution in [1.29, 1.82) is 0 Å². The molecule has 12 heteroatoms. The van der Waals surface area contributed by atoms with Gasteiger partial charge >= 0.3 is 18.0 Å². The Hall–Kier alpha value is -2.27. The zero-order chi connectivity index (χ0) is 16.9. The highest BCUT2D eigenvalue weighted by atomic mass is 19.4. The number of fused-ring (bicyclic) bond motifs is 1. The molecule has 0 aliphatic heterocycles. The highest BCUT2D eigenvalue weighted by molar-refractivity contribution is 5.69. The van der Waals surface area contributed by atoms with Crippen LogP contribution in [0.2, 0.25) is 0 Å². The zero-order valence-corrected chi connectivity index (χ0v) is 10.9. The Morgan fingerprint density at radius 1 is 1.05 bits per heavy atom. The molecule has 0 unspecified atom stereocenters. The molecule has 0 aliphatic rings. The lowest BCUT2D eigenvalue weighted by atomic mass is 10.4. The van der Waals surface area contributed by atoms with Crippen molar-refractivity contribution in [3.63, 3.8) is 0 Å². The first kappa shape index (κ1) is 16.1. The normalized spacial score (nSPS) is 13.0. The minimum atomic E-state index is -4.88. The van der Waals surface area contributed by atoms with Crippen molar-refractivity contribution in [1.82, 2.24) is 18.7 Å². The van der Waals surface area contributed by atoms with E-state index in [4.69, 9.17) is 0 Å². The molecule has 0 saturated carbocycles. The van der Waals surface area contributed by atoms with Gasteiger partial charge in [0.2, 0.25) is 0 Å². The summed E-state index contributed by atoms with van der Waals surface area (Å²) < 4.78 is 75.3. The summed E-state index contributed by atoms with van der Waals surface area (Å²) in [7, 11) is 1.02. The molecule has 2 aromatic rings. The van der Waals surface area contributed by atoms with Crippen molar-refractivity contribution in [2.45, 2.75) is 25.4 Å². The standard InChI is InChI=1S/C10H8F6N4O2/c1-18-6-5(19(4-17-6)2-9(11,12)13)7(21)20(8(18)22)3-10(14,15)16/h4H,2-3H2,1H3. The lowest BCUT2D eigenvalue weighted by molar-refractivity contribution is -0.142. The Labute approximate surface area is 117 Å². The van der Waals surface area contributed by atoms with Crippen molar-refractivity contribution in [2.24, 2.45) is 7.05 Å². The third-order valence-corrected chi connectivity index (χ3v) is 2.79. The van der Waals surface area contributed by atoms with Crippen LogP contribution in [0.25, 0.3) is 11.2 Å². The maximum Gasteiger partial charge on any atom is 0.406 e. The molecular weight excluding hydrogens is 322 g/mol. The van der Waals surface area contributed by atoms with Crippen molar-refractivity contribution in [3.05, 3.63) is 27.2 Å². The van der Waals surface area contributed by atoms with Crippen molar-refractivity contribution >= 4 is 11.2 Å². The molecule has 2 rings (SSSR count). The maximum absolute atomic E-state index is 12.4. The number of hydrogen-bond donors (Lipinski definition) is 0. The van der Waals surface area contributed by atoms with Crippen LogP contribution >= 0.6 is 0 Å². The van der Waals surface area contributed by atoms with E-state index in [0.717, 1.165) is 7.05 Å². The lowest BCUT2D eigenvalue weighted by Crippen LogP contribution is -2.43. The first-order valence-corrected chi connectivity index (χ1v) is 5.69. The van der Waals surface area contributed by atoms with Crippen LogP contribution < -0.4 is 11.2 Å². The van der Waals surface area contributed by atoms with E-state index in [1.54, 1.807) is 0 Å². The number of alkyl halides is 6. The fraction of sp³-hybridized carbons (Fsp3) is 0.500. The smallest absolute Gasteiger partial charge is 0.316 e. The molecule has 0 radical (unpaired) electrons. The minimum absolute atomic E-state index is 0.170. The molecule has 2 heterocycles. The molecule has 0 spiro atoms. The van der Waals surface area contributed by atoms with E-state index in [2.05, 4.69) is 4.98 Å². The number of halogens is 6. The fourth-order valence-corrected chi connectivity index (χ4v) is 1.95. The van der Waals surface area contributed by atoms with E-state index < -0.39 is 47.9 Å². The third-order valence-electron chi connectivity index (χ3n) is 2.79. The monoisotopic (exact) mass is 330 g/mol. The molecule has 0 atom stereocenters. The SMILES string of the molecule is Cn1c(=O)n(CC(F)(F)F)c(=O)c2c1ncn2CC(F)(F)F. The number of imidazole rings is 1. The van der Waals surface area contributed by atoms with E-state index in [1.807, 2.05) is 0 Å². The lowest BCUT2D eigenvalue weighted by Gasteiger charge is -2.12. The molecule has 2 aromatic heterocycles. The predicted molar refractivity (Wildman–Crippen MR) is 61.3 cm³/mol. The number of nitrogens with zero attached hydrogens (tertiary/aromatic N) is 4. The van der Waals surface area contributed by atoms with Crippen LogP contribution in [0.5, 0.6) is 0 Å². The van der Waals surface area contributed by atoms with Gasteiger partial charge in [-0.1, -0.05) is 0 Å². The van der Waals surface area contributed by atoms with Crippen molar-refractivity contribution < 1.29 is 26.3 Å². The molecule has 122 valence electrons. The van der Waals surface area contributed by atoms with Gasteiger partial charge in [0, 0.05) is 7.05 Å². The summed E-state index contributed by atoms with van der Waals surface area (Å²) >= 11 is 0. The van der Waals surface area contributed by atoms with Crippen LogP contribution in [0.4, 0.5) is 26.3 Å². The van der Waals surface area contributed by atoms with Gasteiger partial charge in [-0.2, -0.15) is 26.3 Å². The Morgan fingerprint density at radius 2 is 1.59 bits per heavy atom. The summed E-state index contributed by atoms with van der Waals surface area (Å²) in [5, 5.41) is 0. The molecule has 0 aromatic carbocycles. The second-order valence-corrected chi connectivity index (χ2v) is 4.51. The van der Waals surface area contributed by atoms with Crippen molar-refractivity contribution in [2.75, 3.05) is 0 Å². The summed E-state index contributed by atoms with van der Waals surface area (Å²) in [6, 6.07) is 0. The molecule has 0 amide bonds. The topological polar surface area (TPSA) is 61.8 Å². The highest BCUT2D eigenvalue weighted by Gasteiger charge is 2.33. The van der Waals surface area contributed by atoms with Gasteiger partial charge in [0.1, 0.15) is 13.1 Å². The van der Waals surface area contributed by atoms with E-state index in [0.29, 0.717) is 15.5 Å². The Bertz CT molecular complexity index is 825. The quantitative estimate of drug-likeness (QED) is 0.773. The Kier molecular flexibility index (Phi) is 3.57. The largest absolute Gasteiger partial charge is 0.406 e. The summed E-state index contributed by atoms with van der Waals surface area (Å²) in [5.74, 6) is 0. The maximum atomic E-state index is 12.4. The molecule has 0 saturated heterocycles. The number of rotatable bonds is 2. The Morgan fingerprint density at radius 3 is 2.09 bits per heavy atom. The highest BCUT2D eigenvalue weighted by Crippen LogP contribution is 2.20. The summed E-state index contributed by atoms with van der Waals surface area (Å²) in [6.07, 6.45) is -8.93. The number of hydrogen-bond acceptors (Lipinski definition) is 3. The molecule has 22 heavy (non-hydrogen) atoms. The molecule has 0 N–H and O–H groups in total. The Balaban J connectivity index is 2.76. The first-order chi connectivity index (χ1) is 9.91. The van der Waals surface area contributed by atoms with Crippen LogP contribution in [-0.4, -0.2) is 31.0 Å². The molecule has 0 aliphatic carbocycles. The van der Waals surface area contributed by atoms with Gasteiger partial charge < -0.3 is 4.57 Å². The van der Waals surface area contributed by atoms with Crippen molar-refractivity contribution in [3.8, 4) is 0 Å². The van der Waals surface area contributed by atoms with Gasteiger partial charge in [-0.05, 0) is 0 Å². The van der Waals surface area contributed by atoms with Gasteiger partial charge in [0.05, 0.1) is 6.33 Å². The summed E-state index contributed by atoms with van der Waals surface area (Å²) in [6.45, 7) is -3.51. The molecular formula is C10H8F6N4O2. The predicted octanol–water partition coefficient (Wildman–Crippen LogP) is 1.02. The van der Waals surface area contributed by atoms with Gasteiger partial charge in [0.25, 0.3) is 5.56 Å². The second-order valence-electron chi connectivity index (χ2n) is 4.51. The average Bonchev–Trinajstić information content (AvgIpc) is 2.72. The van der Waals surface area contributed by atoms with E-state index in [1.165, 1.54) is 0 Å². The fourth-order valence-electron chi connectivity index (χ4n) is 1.95. The van der Waals surface area contributed by atoms with Crippen LogP contribution in [0.1, 0.15) is 0 Å². The van der Waals surface area contributed by atoms with E-state index >= 15 is 0 Å². The minimum Gasteiger partial charge on any atom is -0.316 e. The molecule has 6 nitrogen and oxygen atoms in total. The number of aryl methyl sites for hydroxylation is 1. The average molecular weight is 330 g/mol. The van der Waals surface area contributed by atoms with E-state index in [-0.39, 0.29) is 4.57 Å². The second kappa shape index (κ2) is 4.88.